The maximum absolute atomic E-state index is 10.8. The largest absolute Gasteiger partial charge is 0.384 e. The summed E-state index contributed by atoms with van der Waals surface area (Å²) in [6, 6.07) is 8.38. The lowest BCUT2D eigenvalue weighted by molar-refractivity contribution is 0.0201. The van der Waals surface area contributed by atoms with E-state index in [1.165, 1.54) is 0 Å². The normalized spacial score (nSPS) is 20.2. The van der Waals surface area contributed by atoms with Crippen LogP contribution in [-0.2, 0) is 10.3 Å². The van der Waals surface area contributed by atoms with Gasteiger partial charge in [-0.3, -0.25) is 0 Å². The van der Waals surface area contributed by atoms with Crippen LogP contribution < -0.4 is 5.32 Å². The van der Waals surface area contributed by atoms with Gasteiger partial charge in [-0.25, -0.2) is 0 Å². The van der Waals surface area contributed by atoms with Crippen molar-refractivity contribution >= 4 is 15.9 Å². The first kappa shape index (κ1) is 15.0. The van der Waals surface area contributed by atoms with Gasteiger partial charge in [0.25, 0.3) is 0 Å². The van der Waals surface area contributed by atoms with Gasteiger partial charge in [0.15, 0.2) is 0 Å². The number of hydrogen-bond donors (Lipinski definition) is 2. The summed E-state index contributed by atoms with van der Waals surface area (Å²) in [6.45, 7) is 4.25. The van der Waals surface area contributed by atoms with E-state index in [1.54, 1.807) is 0 Å². The lowest BCUT2D eigenvalue weighted by atomic mass is 9.90. The van der Waals surface area contributed by atoms with Gasteiger partial charge in [0.2, 0.25) is 0 Å². The van der Waals surface area contributed by atoms with Crippen LogP contribution in [0.15, 0.2) is 28.7 Å². The highest BCUT2D eigenvalue weighted by atomic mass is 79.9. The van der Waals surface area contributed by atoms with Crippen molar-refractivity contribution < 1.29 is 9.84 Å². The molecular formula is C15H22BrNO2. The van der Waals surface area contributed by atoms with Crippen LogP contribution in [0.4, 0.5) is 0 Å². The van der Waals surface area contributed by atoms with Gasteiger partial charge in [0.1, 0.15) is 5.60 Å². The number of halogens is 1. The van der Waals surface area contributed by atoms with Gasteiger partial charge in [-0.15, -0.1) is 0 Å². The molecule has 1 aromatic carbocycles. The number of nitrogens with one attached hydrogen (secondary N) is 1. The van der Waals surface area contributed by atoms with Crippen LogP contribution in [0.1, 0.15) is 31.7 Å². The summed E-state index contributed by atoms with van der Waals surface area (Å²) in [7, 11) is 0. The molecule has 1 atom stereocenters. The van der Waals surface area contributed by atoms with Crippen LogP contribution in [0.25, 0.3) is 0 Å². The fourth-order valence-electron chi connectivity index (χ4n) is 2.41. The van der Waals surface area contributed by atoms with Crippen molar-refractivity contribution in [1.29, 1.82) is 0 Å². The summed E-state index contributed by atoms with van der Waals surface area (Å²) in [5.41, 5.74) is 0.177. The average Bonchev–Trinajstić information content (AvgIpc) is 2.46. The minimum Gasteiger partial charge on any atom is -0.384 e. The summed E-state index contributed by atoms with van der Waals surface area (Å²) in [5.74, 6) is 0. The first-order chi connectivity index (χ1) is 9.14. The molecule has 106 valence electrons. The molecule has 19 heavy (non-hydrogen) atoms. The summed E-state index contributed by atoms with van der Waals surface area (Å²) < 4.78 is 6.38. The molecule has 3 nitrogen and oxygen atoms in total. The molecule has 0 bridgehead atoms. The van der Waals surface area contributed by atoms with Crippen LogP contribution in [0.5, 0.6) is 0 Å². The number of aliphatic hydroxyl groups is 1. The van der Waals surface area contributed by atoms with Gasteiger partial charge >= 0.3 is 0 Å². The van der Waals surface area contributed by atoms with E-state index in [-0.39, 0.29) is 0 Å². The van der Waals surface area contributed by atoms with Crippen molar-refractivity contribution in [2.24, 2.45) is 0 Å². The van der Waals surface area contributed by atoms with Crippen LogP contribution in [0, 0.1) is 0 Å². The van der Waals surface area contributed by atoms with Crippen molar-refractivity contribution in [1.82, 2.24) is 5.32 Å². The Labute approximate surface area is 123 Å². The van der Waals surface area contributed by atoms with Gasteiger partial charge in [-0.05, 0) is 37.0 Å². The molecule has 0 radical (unpaired) electrons. The molecule has 0 unspecified atom stereocenters. The van der Waals surface area contributed by atoms with E-state index < -0.39 is 5.60 Å². The van der Waals surface area contributed by atoms with E-state index in [0.717, 1.165) is 36.1 Å². The zero-order valence-electron chi connectivity index (χ0n) is 11.4. The lowest BCUT2D eigenvalue weighted by Gasteiger charge is -2.31. The lowest BCUT2D eigenvalue weighted by Crippen LogP contribution is -2.44. The van der Waals surface area contributed by atoms with Crippen molar-refractivity contribution in [3.05, 3.63) is 34.3 Å². The minimum absolute atomic E-state index is 0.460. The zero-order valence-corrected chi connectivity index (χ0v) is 12.9. The van der Waals surface area contributed by atoms with Gasteiger partial charge in [0, 0.05) is 30.3 Å². The Hall–Kier alpha value is -0.420. The third-order valence-electron chi connectivity index (χ3n) is 3.87. The van der Waals surface area contributed by atoms with Crippen LogP contribution in [-0.4, -0.2) is 30.9 Å². The number of benzene rings is 1. The maximum atomic E-state index is 10.8. The fourth-order valence-corrected chi connectivity index (χ4v) is 2.67. The smallest absolute Gasteiger partial charge is 0.102 e. The molecule has 1 aliphatic rings. The average molecular weight is 328 g/mol. The van der Waals surface area contributed by atoms with Gasteiger partial charge < -0.3 is 15.2 Å². The van der Waals surface area contributed by atoms with E-state index in [0.29, 0.717) is 19.0 Å². The van der Waals surface area contributed by atoms with Crippen molar-refractivity contribution in [2.45, 2.75) is 37.8 Å². The van der Waals surface area contributed by atoms with Crippen LogP contribution >= 0.6 is 15.9 Å². The maximum Gasteiger partial charge on any atom is 0.102 e. The number of ether oxygens (including phenoxy) is 1. The van der Waals surface area contributed by atoms with E-state index in [1.807, 2.05) is 31.2 Å². The first-order valence-electron chi connectivity index (χ1n) is 6.93. The standard InChI is InChI=1S/C15H22BrNO2/c1-2-15(18,12-3-5-13(16)6-4-12)11-17-14-7-9-19-10-8-14/h3-6,14,17-18H,2,7-11H2,1H3/t15-/m0/s1. The van der Waals surface area contributed by atoms with Gasteiger partial charge in [-0.2, -0.15) is 0 Å². The molecule has 4 heteroatoms. The highest BCUT2D eigenvalue weighted by Crippen LogP contribution is 2.26. The molecule has 0 amide bonds. The van der Waals surface area contributed by atoms with E-state index in [4.69, 9.17) is 4.74 Å². The molecule has 1 heterocycles. The Bertz CT molecular complexity index is 390. The molecular weight excluding hydrogens is 306 g/mol. The molecule has 1 fully saturated rings. The second kappa shape index (κ2) is 6.84. The molecule has 1 saturated heterocycles. The Morgan fingerprint density at radius 3 is 2.53 bits per heavy atom. The molecule has 0 aliphatic carbocycles. The Morgan fingerprint density at radius 1 is 1.32 bits per heavy atom. The predicted molar refractivity (Wildman–Crippen MR) is 80.2 cm³/mol. The third-order valence-corrected chi connectivity index (χ3v) is 4.40. The van der Waals surface area contributed by atoms with Crippen LogP contribution in [0.2, 0.25) is 0 Å². The molecule has 1 aromatic rings. The molecule has 2 N–H and O–H groups in total. The highest BCUT2D eigenvalue weighted by Gasteiger charge is 2.28. The highest BCUT2D eigenvalue weighted by molar-refractivity contribution is 9.10. The molecule has 2 rings (SSSR count). The molecule has 0 aromatic heterocycles. The SMILES string of the molecule is CC[C@](O)(CNC1CCOCC1)c1ccc(Br)cc1. The monoisotopic (exact) mass is 327 g/mol. The minimum atomic E-state index is -0.793. The summed E-state index contributed by atoms with van der Waals surface area (Å²) >= 11 is 3.42. The van der Waals surface area contributed by atoms with Gasteiger partial charge in [-0.1, -0.05) is 35.0 Å². The second-order valence-electron chi connectivity index (χ2n) is 5.16. The Kier molecular flexibility index (Phi) is 5.39. The van der Waals surface area contributed by atoms with Gasteiger partial charge in [0.05, 0.1) is 0 Å². The fraction of sp³-hybridized carbons (Fsp3) is 0.600. The Morgan fingerprint density at radius 2 is 1.95 bits per heavy atom. The third kappa shape index (κ3) is 4.02. The predicted octanol–water partition coefficient (Wildman–Crippen LogP) is 2.82. The summed E-state index contributed by atoms with van der Waals surface area (Å²) in [5, 5.41) is 14.3. The van der Waals surface area contributed by atoms with Crippen molar-refractivity contribution in [2.75, 3.05) is 19.8 Å². The van der Waals surface area contributed by atoms with Crippen LogP contribution in [0.3, 0.4) is 0 Å². The molecule has 1 aliphatic heterocycles. The van der Waals surface area contributed by atoms with E-state index in [9.17, 15) is 5.11 Å². The zero-order chi connectivity index (χ0) is 13.7. The topological polar surface area (TPSA) is 41.5 Å². The van der Waals surface area contributed by atoms with E-state index >= 15 is 0 Å². The first-order valence-corrected chi connectivity index (χ1v) is 7.73. The molecule has 0 spiro atoms. The van der Waals surface area contributed by atoms with Crippen molar-refractivity contribution in [3.8, 4) is 0 Å². The quantitative estimate of drug-likeness (QED) is 0.873. The number of rotatable bonds is 5. The Balaban J connectivity index is 1.98. The summed E-state index contributed by atoms with van der Waals surface area (Å²) in [6.07, 6.45) is 2.76. The summed E-state index contributed by atoms with van der Waals surface area (Å²) in [4.78, 5) is 0. The number of hydrogen-bond acceptors (Lipinski definition) is 3. The van der Waals surface area contributed by atoms with Crippen molar-refractivity contribution in [3.63, 3.8) is 0 Å². The van der Waals surface area contributed by atoms with E-state index in [2.05, 4.69) is 21.2 Å². The molecule has 0 saturated carbocycles. The second-order valence-corrected chi connectivity index (χ2v) is 6.08.